The second-order valence-electron chi connectivity index (χ2n) is 8.55. The van der Waals surface area contributed by atoms with Crippen LogP contribution < -0.4 is 5.56 Å². The van der Waals surface area contributed by atoms with Gasteiger partial charge in [0.05, 0.1) is 11.1 Å². The topological polar surface area (TPSA) is 38.1 Å². The van der Waals surface area contributed by atoms with Gasteiger partial charge in [-0.05, 0) is 54.6 Å². The molecule has 0 unspecified atom stereocenters. The van der Waals surface area contributed by atoms with Gasteiger partial charge in [-0.15, -0.1) is 11.3 Å². The molecule has 4 nitrogen and oxygen atoms in total. The molecule has 1 aliphatic heterocycles. The van der Waals surface area contributed by atoms with Crippen LogP contribution in [0.3, 0.4) is 0 Å². The van der Waals surface area contributed by atoms with Crippen LogP contribution in [0.4, 0.5) is 13.2 Å². The molecule has 8 heteroatoms. The van der Waals surface area contributed by atoms with Crippen LogP contribution in [0.5, 0.6) is 0 Å². The van der Waals surface area contributed by atoms with Crippen LogP contribution in [-0.4, -0.2) is 34.1 Å². The van der Waals surface area contributed by atoms with E-state index < -0.39 is 11.7 Å². The standard InChI is InChI=1S/C26H24F3N3OS/c27-26(28,29)21-7-3-2-6-20(21)18-8-10-19(11-9-18)24-30-22-12-17-34-23(22)25(33)32(24)16-15-31-13-4-1-5-14-31/h2-3,6-12,17H,1,4-5,13-16H2. The number of halogens is 3. The summed E-state index contributed by atoms with van der Waals surface area (Å²) >= 11 is 1.38. The molecule has 2 aromatic heterocycles. The Hall–Kier alpha value is -2.97. The van der Waals surface area contributed by atoms with E-state index in [0.717, 1.165) is 25.7 Å². The molecular formula is C26H24F3N3OS. The minimum Gasteiger partial charge on any atom is -0.302 e. The smallest absolute Gasteiger partial charge is 0.302 e. The first-order chi connectivity index (χ1) is 16.4. The first kappa shape index (κ1) is 22.8. The Morgan fingerprint density at radius 2 is 1.59 bits per heavy atom. The van der Waals surface area contributed by atoms with Gasteiger partial charge in [0.2, 0.25) is 0 Å². The fraction of sp³-hybridized carbons (Fsp3) is 0.308. The summed E-state index contributed by atoms with van der Waals surface area (Å²) in [6.07, 6.45) is -0.848. The number of fused-ring (bicyclic) bond motifs is 1. The van der Waals surface area contributed by atoms with Crippen molar-refractivity contribution in [2.75, 3.05) is 19.6 Å². The quantitative estimate of drug-likeness (QED) is 0.335. The SMILES string of the molecule is O=c1c2sccc2nc(-c2ccc(-c3ccccc3C(F)(F)F)cc2)n1CCN1CCCCC1. The lowest BCUT2D eigenvalue weighted by Crippen LogP contribution is -2.35. The number of hydrogen-bond acceptors (Lipinski definition) is 4. The molecular weight excluding hydrogens is 459 g/mol. The lowest BCUT2D eigenvalue weighted by molar-refractivity contribution is -0.137. The van der Waals surface area contributed by atoms with Crippen LogP contribution in [0.1, 0.15) is 24.8 Å². The Bertz CT molecular complexity index is 1350. The molecule has 5 rings (SSSR count). The van der Waals surface area contributed by atoms with Crippen LogP contribution in [-0.2, 0) is 12.7 Å². The summed E-state index contributed by atoms with van der Waals surface area (Å²) in [6, 6.07) is 14.2. The third-order valence-corrected chi connectivity index (χ3v) is 7.23. The molecule has 1 aliphatic rings. The van der Waals surface area contributed by atoms with Crippen LogP contribution in [0.15, 0.2) is 64.8 Å². The highest BCUT2D eigenvalue weighted by Crippen LogP contribution is 2.37. The molecule has 2 aromatic carbocycles. The average Bonchev–Trinajstić information content (AvgIpc) is 3.33. The predicted molar refractivity (Wildman–Crippen MR) is 130 cm³/mol. The van der Waals surface area contributed by atoms with E-state index in [1.54, 1.807) is 34.9 Å². The molecule has 1 saturated heterocycles. The number of thiophene rings is 1. The van der Waals surface area contributed by atoms with Gasteiger partial charge in [-0.3, -0.25) is 9.36 Å². The Labute approximate surface area is 199 Å². The van der Waals surface area contributed by atoms with Crippen molar-refractivity contribution in [1.82, 2.24) is 14.5 Å². The third kappa shape index (κ3) is 4.52. The average molecular weight is 484 g/mol. The minimum atomic E-state index is -4.43. The van der Waals surface area contributed by atoms with Gasteiger partial charge >= 0.3 is 6.18 Å². The molecule has 0 radical (unpaired) electrons. The fourth-order valence-electron chi connectivity index (χ4n) is 4.58. The van der Waals surface area contributed by atoms with E-state index in [1.807, 2.05) is 11.4 Å². The van der Waals surface area contributed by atoms with Gasteiger partial charge in [0.15, 0.2) is 0 Å². The number of hydrogen-bond donors (Lipinski definition) is 0. The molecule has 0 saturated carbocycles. The Balaban J connectivity index is 1.52. The Morgan fingerprint density at radius 3 is 2.32 bits per heavy atom. The van der Waals surface area contributed by atoms with Crippen molar-refractivity contribution < 1.29 is 13.2 Å². The van der Waals surface area contributed by atoms with Gasteiger partial charge in [0.1, 0.15) is 10.5 Å². The van der Waals surface area contributed by atoms with Crippen molar-refractivity contribution in [1.29, 1.82) is 0 Å². The van der Waals surface area contributed by atoms with Crippen LogP contribution in [0.25, 0.3) is 32.7 Å². The summed E-state index contributed by atoms with van der Waals surface area (Å²) in [5.74, 6) is 0.545. The molecule has 3 heterocycles. The monoisotopic (exact) mass is 483 g/mol. The summed E-state index contributed by atoms with van der Waals surface area (Å²) in [5.41, 5.74) is 1.21. The summed E-state index contributed by atoms with van der Waals surface area (Å²) < 4.78 is 42.8. The molecule has 0 N–H and O–H groups in total. The fourth-order valence-corrected chi connectivity index (χ4v) is 5.36. The molecule has 0 spiro atoms. The van der Waals surface area contributed by atoms with Crippen molar-refractivity contribution >= 4 is 21.6 Å². The van der Waals surface area contributed by atoms with Crippen LogP contribution in [0.2, 0.25) is 0 Å². The highest BCUT2D eigenvalue weighted by molar-refractivity contribution is 7.17. The maximum Gasteiger partial charge on any atom is 0.417 e. The normalized spacial score (nSPS) is 15.1. The van der Waals surface area contributed by atoms with Crippen molar-refractivity contribution in [3.8, 4) is 22.5 Å². The maximum absolute atomic E-state index is 13.5. The van der Waals surface area contributed by atoms with E-state index in [9.17, 15) is 18.0 Å². The van der Waals surface area contributed by atoms with Gasteiger partial charge < -0.3 is 4.90 Å². The molecule has 0 aliphatic carbocycles. The van der Waals surface area contributed by atoms with Crippen molar-refractivity contribution in [3.05, 3.63) is 75.9 Å². The molecule has 1 fully saturated rings. The maximum atomic E-state index is 13.5. The molecule has 4 aromatic rings. The van der Waals surface area contributed by atoms with Gasteiger partial charge in [0, 0.05) is 18.7 Å². The summed E-state index contributed by atoms with van der Waals surface area (Å²) in [7, 11) is 0. The zero-order valence-corrected chi connectivity index (χ0v) is 19.3. The molecule has 34 heavy (non-hydrogen) atoms. The number of alkyl halides is 3. The van der Waals surface area contributed by atoms with E-state index >= 15 is 0 Å². The zero-order valence-electron chi connectivity index (χ0n) is 18.5. The highest BCUT2D eigenvalue weighted by Gasteiger charge is 2.33. The molecule has 0 atom stereocenters. The lowest BCUT2D eigenvalue weighted by atomic mass is 9.98. The largest absolute Gasteiger partial charge is 0.417 e. The Kier molecular flexibility index (Phi) is 6.27. The van der Waals surface area contributed by atoms with Gasteiger partial charge in [-0.2, -0.15) is 13.2 Å². The number of rotatable bonds is 5. The number of aromatic nitrogens is 2. The number of nitrogens with zero attached hydrogens (tertiary/aromatic N) is 3. The first-order valence-electron chi connectivity index (χ1n) is 11.4. The lowest BCUT2D eigenvalue weighted by Gasteiger charge is -2.27. The van der Waals surface area contributed by atoms with E-state index in [1.165, 1.54) is 42.7 Å². The summed E-state index contributed by atoms with van der Waals surface area (Å²) in [5, 5.41) is 1.86. The second kappa shape index (κ2) is 9.35. The molecule has 176 valence electrons. The summed E-state index contributed by atoms with van der Waals surface area (Å²) in [6.45, 7) is 3.36. The van der Waals surface area contributed by atoms with Gasteiger partial charge in [-0.25, -0.2) is 4.98 Å². The van der Waals surface area contributed by atoms with E-state index in [-0.39, 0.29) is 11.1 Å². The predicted octanol–water partition coefficient (Wildman–Crippen LogP) is 6.30. The third-order valence-electron chi connectivity index (χ3n) is 6.34. The second-order valence-corrected chi connectivity index (χ2v) is 9.47. The molecule has 0 amide bonds. The van der Waals surface area contributed by atoms with E-state index in [4.69, 9.17) is 4.98 Å². The van der Waals surface area contributed by atoms with E-state index in [0.29, 0.717) is 33.7 Å². The number of likely N-dealkylation sites (tertiary alicyclic amines) is 1. The van der Waals surface area contributed by atoms with Crippen molar-refractivity contribution in [3.63, 3.8) is 0 Å². The van der Waals surface area contributed by atoms with Gasteiger partial charge in [-0.1, -0.05) is 48.9 Å². The number of benzene rings is 2. The summed E-state index contributed by atoms with van der Waals surface area (Å²) in [4.78, 5) is 20.4. The zero-order chi connectivity index (χ0) is 23.7. The highest BCUT2D eigenvalue weighted by atomic mass is 32.1. The van der Waals surface area contributed by atoms with Crippen LogP contribution >= 0.6 is 11.3 Å². The van der Waals surface area contributed by atoms with E-state index in [2.05, 4.69) is 4.90 Å². The first-order valence-corrected chi connectivity index (χ1v) is 12.3. The number of piperidine rings is 1. The van der Waals surface area contributed by atoms with Gasteiger partial charge in [0.25, 0.3) is 5.56 Å². The van der Waals surface area contributed by atoms with Crippen LogP contribution in [0, 0.1) is 0 Å². The van der Waals surface area contributed by atoms with Crippen molar-refractivity contribution in [2.45, 2.75) is 32.0 Å². The minimum absolute atomic E-state index is 0.0708. The molecule has 0 bridgehead atoms. The Morgan fingerprint density at radius 1 is 0.882 bits per heavy atom. The van der Waals surface area contributed by atoms with Crippen molar-refractivity contribution in [2.24, 2.45) is 0 Å².